The van der Waals surface area contributed by atoms with Crippen LogP contribution in [0.3, 0.4) is 0 Å². The van der Waals surface area contributed by atoms with E-state index in [-0.39, 0.29) is 12.2 Å². The van der Waals surface area contributed by atoms with Crippen molar-refractivity contribution < 1.29 is 19.5 Å². The lowest BCUT2D eigenvalue weighted by Gasteiger charge is -2.16. The second-order valence-corrected chi connectivity index (χ2v) is 6.78. The first-order valence-corrected chi connectivity index (χ1v) is 9.25. The predicted molar refractivity (Wildman–Crippen MR) is 106 cm³/mol. The zero-order chi connectivity index (χ0) is 20.1. The molecule has 0 fully saturated rings. The number of carboxylic acid groups (broad SMARTS) is 1. The number of rotatable bonds is 8. The summed E-state index contributed by atoms with van der Waals surface area (Å²) in [5.41, 5.74) is 3.61. The summed E-state index contributed by atoms with van der Waals surface area (Å²) in [6.45, 7) is 1.82. The number of para-hydroxylation sites is 1. The molecule has 0 aromatic heterocycles. The van der Waals surface area contributed by atoms with Crippen LogP contribution in [0.2, 0.25) is 0 Å². The Balaban J connectivity index is 1.70. The van der Waals surface area contributed by atoms with Crippen molar-refractivity contribution in [3.63, 3.8) is 0 Å². The molecule has 1 unspecified atom stereocenters. The average Bonchev–Trinajstić information content (AvgIpc) is 3.17. The minimum Gasteiger partial charge on any atom is -0.480 e. The van der Waals surface area contributed by atoms with Gasteiger partial charge in [-0.05, 0) is 22.8 Å². The number of amides is 1. The van der Waals surface area contributed by atoms with E-state index in [2.05, 4.69) is 10.3 Å². The summed E-state index contributed by atoms with van der Waals surface area (Å²) in [5.74, 6) is -1.40. The molecular formula is C22H22N2O4. The Hall–Kier alpha value is -3.28. The van der Waals surface area contributed by atoms with Crippen molar-refractivity contribution in [1.82, 2.24) is 5.32 Å². The standard InChI is InChI=1S/C22H22N2O4/c1-2-17(25)12-14-6-8-15(9-7-14)13-19(22(27)28)24-21(26)18-5-3-4-16-10-11-23-20(16)18/h3-9,11,19H,2,10,12-13H2,1H3,(H,24,26)(H,27,28). The highest BCUT2D eigenvalue weighted by atomic mass is 16.4. The molecule has 28 heavy (non-hydrogen) atoms. The van der Waals surface area contributed by atoms with Gasteiger partial charge in [-0.25, -0.2) is 4.79 Å². The van der Waals surface area contributed by atoms with Crippen molar-refractivity contribution in [1.29, 1.82) is 0 Å². The minimum atomic E-state index is -1.10. The van der Waals surface area contributed by atoms with Crippen molar-refractivity contribution in [3.05, 3.63) is 64.7 Å². The highest BCUT2D eigenvalue weighted by molar-refractivity contribution is 6.02. The fourth-order valence-electron chi connectivity index (χ4n) is 3.14. The van der Waals surface area contributed by atoms with Gasteiger partial charge in [0.25, 0.3) is 5.91 Å². The smallest absolute Gasteiger partial charge is 0.326 e. The molecule has 0 aliphatic carbocycles. The number of nitrogens with zero attached hydrogens (tertiary/aromatic N) is 1. The molecular weight excluding hydrogens is 356 g/mol. The van der Waals surface area contributed by atoms with E-state index < -0.39 is 17.9 Å². The van der Waals surface area contributed by atoms with E-state index in [9.17, 15) is 19.5 Å². The molecule has 0 bridgehead atoms. The number of hydrogen-bond donors (Lipinski definition) is 2. The number of nitrogens with one attached hydrogen (secondary N) is 1. The number of Topliss-reactive ketones (excluding diaryl/α,β-unsaturated/α-hetero) is 1. The van der Waals surface area contributed by atoms with Gasteiger partial charge in [0.05, 0.1) is 11.3 Å². The summed E-state index contributed by atoms with van der Waals surface area (Å²) < 4.78 is 0. The van der Waals surface area contributed by atoms with Crippen LogP contribution in [0.15, 0.2) is 47.5 Å². The van der Waals surface area contributed by atoms with E-state index in [1.54, 1.807) is 30.5 Å². The molecule has 1 amide bonds. The maximum Gasteiger partial charge on any atom is 0.326 e. The molecule has 2 N–H and O–H groups in total. The molecule has 3 rings (SSSR count). The van der Waals surface area contributed by atoms with E-state index in [1.165, 1.54) is 0 Å². The third kappa shape index (κ3) is 4.52. The summed E-state index contributed by atoms with van der Waals surface area (Å²) in [7, 11) is 0. The number of fused-ring (bicyclic) bond motifs is 1. The van der Waals surface area contributed by atoms with E-state index >= 15 is 0 Å². The summed E-state index contributed by atoms with van der Waals surface area (Å²) in [4.78, 5) is 40.1. The zero-order valence-electron chi connectivity index (χ0n) is 15.6. The van der Waals surface area contributed by atoms with Crippen LogP contribution in [0, 0.1) is 0 Å². The third-order valence-electron chi connectivity index (χ3n) is 4.76. The number of carbonyl (C=O) groups excluding carboxylic acids is 2. The number of aliphatic imine (C=N–C) groups is 1. The van der Waals surface area contributed by atoms with Crippen LogP contribution in [-0.4, -0.2) is 35.0 Å². The maximum atomic E-state index is 12.6. The normalized spacial score (nSPS) is 13.0. The molecule has 0 saturated carbocycles. The molecule has 2 aromatic carbocycles. The highest BCUT2D eigenvalue weighted by Gasteiger charge is 2.24. The Morgan fingerprint density at radius 2 is 1.82 bits per heavy atom. The van der Waals surface area contributed by atoms with Gasteiger partial charge in [0.1, 0.15) is 11.8 Å². The first-order chi connectivity index (χ1) is 13.5. The lowest BCUT2D eigenvalue weighted by Crippen LogP contribution is -2.42. The quantitative estimate of drug-likeness (QED) is 0.738. The maximum absolute atomic E-state index is 12.6. The Kier molecular flexibility index (Phi) is 5.99. The van der Waals surface area contributed by atoms with Gasteiger partial charge >= 0.3 is 5.97 Å². The largest absolute Gasteiger partial charge is 0.480 e. The molecule has 6 nitrogen and oxygen atoms in total. The molecule has 0 saturated heterocycles. The first kappa shape index (κ1) is 19.5. The van der Waals surface area contributed by atoms with Crippen LogP contribution >= 0.6 is 0 Å². The van der Waals surface area contributed by atoms with E-state index in [0.29, 0.717) is 30.5 Å². The first-order valence-electron chi connectivity index (χ1n) is 9.25. The minimum absolute atomic E-state index is 0.154. The Morgan fingerprint density at radius 3 is 2.50 bits per heavy atom. The monoisotopic (exact) mass is 378 g/mol. The van der Waals surface area contributed by atoms with Gasteiger partial charge in [-0.2, -0.15) is 0 Å². The molecule has 144 valence electrons. The average molecular weight is 378 g/mol. The fraction of sp³-hybridized carbons (Fsp3) is 0.273. The molecule has 0 radical (unpaired) electrons. The van der Waals surface area contributed by atoms with Gasteiger partial charge in [0.15, 0.2) is 0 Å². The Labute approximate surface area is 163 Å². The lowest BCUT2D eigenvalue weighted by molar-refractivity contribution is -0.139. The van der Waals surface area contributed by atoms with Gasteiger partial charge in [-0.1, -0.05) is 43.3 Å². The van der Waals surface area contributed by atoms with Gasteiger partial charge < -0.3 is 10.4 Å². The second kappa shape index (κ2) is 8.61. The number of hydrogen-bond acceptors (Lipinski definition) is 4. The highest BCUT2D eigenvalue weighted by Crippen LogP contribution is 2.28. The van der Waals surface area contributed by atoms with Gasteiger partial charge in [0, 0.05) is 31.9 Å². The van der Waals surface area contributed by atoms with Crippen LogP contribution in [0.4, 0.5) is 5.69 Å². The van der Waals surface area contributed by atoms with Crippen molar-refractivity contribution in [3.8, 4) is 0 Å². The molecule has 1 atom stereocenters. The Morgan fingerprint density at radius 1 is 1.11 bits per heavy atom. The van der Waals surface area contributed by atoms with Crippen LogP contribution in [0.1, 0.15) is 40.4 Å². The fourth-order valence-corrected chi connectivity index (χ4v) is 3.14. The molecule has 1 aliphatic heterocycles. The van der Waals surface area contributed by atoms with Crippen molar-refractivity contribution >= 4 is 29.6 Å². The molecule has 1 heterocycles. The SMILES string of the molecule is CCC(=O)Cc1ccc(CC(NC(=O)c2cccc3c2N=CC3)C(=O)O)cc1. The zero-order valence-corrected chi connectivity index (χ0v) is 15.6. The van der Waals surface area contributed by atoms with Crippen molar-refractivity contribution in [2.45, 2.75) is 38.6 Å². The van der Waals surface area contributed by atoms with Gasteiger partial charge in [-0.3, -0.25) is 14.6 Å². The summed E-state index contributed by atoms with van der Waals surface area (Å²) >= 11 is 0. The molecule has 2 aromatic rings. The van der Waals surface area contributed by atoms with Crippen LogP contribution in [-0.2, 0) is 28.9 Å². The van der Waals surface area contributed by atoms with Crippen LogP contribution < -0.4 is 5.32 Å². The molecule has 6 heteroatoms. The van der Waals surface area contributed by atoms with Gasteiger partial charge in [-0.15, -0.1) is 0 Å². The van der Waals surface area contributed by atoms with Crippen molar-refractivity contribution in [2.75, 3.05) is 0 Å². The molecule has 0 spiro atoms. The van der Waals surface area contributed by atoms with E-state index in [0.717, 1.165) is 16.7 Å². The van der Waals surface area contributed by atoms with E-state index in [4.69, 9.17) is 0 Å². The molecule has 1 aliphatic rings. The predicted octanol–water partition coefficient (Wildman–Crippen LogP) is 2.89. The summed E-state index contributed by atoms with van der Waals surface area (Å²) in [6.07, 6.45) is 3.42. The van der Waals surface area contributed by atoms with E-state index in [1.807, 2.05) is 25.1 Å². The van der Waals surface area contributed by atoms with Crippen LogP contribution in [0.25, 0.3) is 0 Å². The van der Waals surface area contributed by atoms with Crippen molar-refractivity contribution in [2.24, 2.45) is 4.99 Å². The number of ketones is 1. The number of benzene rings is 2. The topological polar surface area (TPSA) is 95.8 Å². The lowest BCUT2D eigenvalue weighted by atomic mass is 10.0. The number of carboxylic acids is 1. The number of carbonyl (C=O) groups is 3. The second-order valence-electron chi connectivity index (χ2n) is 6.78. The summed E-state index contributed by atoms with van der Waals surface area (Å²) in [5, 5.41) is 12.1. The van der Waals surface area contributed by atoms with Gasteiger partial charge in [0.2, 0.25) is 0 Å². The third-order valence-corrected chi connectivity index (χ3v) is 4.76. The Bertz CT molecular complexity index is 932. The van der Waals surface area contributed by atoms with Crippen LogP contribution in [0.5, 0.6) is 0 Å². The summed E-state index contributed by atoms with van der Waals surface area (Å²) in [6, 6.07) is 11.5. The number of aliphatic carboxylic acids is 1.